The van der Waals surface area contributed by atoms with E-state index in [1.54, 1.807) is 25.1 Å². The minimum absolute atomic E-state index is 0.0204. The van der Waals surface area contributed by atoms with Crippen molar-refractivity contribution < 1.29 is 36.9 Å². The molecule has 2 aromatic heterocycles. The number of alkyl halides is 3. The Morgan fingerprint density at radius 1 is 1.03 bits per heavy atom. The summed E-state index contributed by atoms with van der Waals surface area (Å²) in [6, 6.07) is 13.6. The smallest absolute Gasteiger partial charge is 0.422 e. The summed E-state index contributed by atoms with van der Waals surface area (Å²) in [4.78, 5) is 15.7. The molecular formula is C22H16F3N3O5. The lowest BCUT2D eigenvalue weighted by atomic mass is 10.1. The zero-order chi connectivity index (χ0) is 23.6. The van der Waals surface area contributed by atoms with Crippen molar-refractivity contribution in [3.8, 4) is 34.3 Å². The molecule has 4 rings (SSSR count). The molecule has 4 aromatic rings. The van der Waals surface area contributed by atoms with Crippen molar-refractivity contribution in [1.82, 2.24) is 15.3 Å². The number of halogens is 3. The average molecular weight is 459 g/mol. The van der Waals surface area contributed by atoms with Crippen LogP contribution >= 0.6 is 0 Å². The monoisotopic (exact) mass is 459 g/mol. The van der Waals surface area contributed by atoms with Gasteiger partial charge in [0, 0.05) is 11.1 Å². The molecule has 33 heavy (non-hydrogen) atoms. The van der Waals surface area contributed by atoms with Crippen LogP contribution in [0.1, 0.15) is 24.2 Å². The molecule has 11 heteroatoms. The third-order valence-corrected chi connectivity index (χ3v) is 4.64. The number of benzene rings is 2. The zero-order valence-electron chi connectivity index (χ0n) is 17.0. The summed E-state index contributed by atoms with van der Waals surface area (Å²) < 4.78 is 56.2. The number of rotatable bonds is 6. The van der Waals surface area contributed by atoms with Crippen molar-refractivity contribution in [1.29, 1.82) is 0 Å². The average Bonchev–Trinajstić information content (AvgIpc) is 3.47. The van der Waals surface area contributed by atoms with Gasteiger partial charge >= 0.3 is 12.1 Å². The second-order valence-corrected chi connectivity index (χ2v) is 6.80. The van der Waals surface area contributed by atoms with Crippen molar-refractivity contribution in [2.45, 2.75) is 19.2 Å². The first-order chi connectivity index (χ1) is 15.8. The molecule has 0 unspecified atom stereocenters. The maximum atomic E-state index is 13.8. The van der Waals surface area contributed by atoms with Gasteiger partial charge in [-0.3, -0.25) is 0 Å². The molecule has 0 aliphatic rings. The molecule has 1 atom stereocenters. The van der Waals surface area contributed by atoms with Crippen LogP contribution in [0, 0.1) is 0 Å². The lowest BCUT2D eigenvalue weighted by molar-refractivity contribution is -0.153. The maximum Gasteiger partial charge on any atom is 0.422 e. The molecule has 0 bridgehead atoms. The van der Waals surface area contributed by atoms with Crippen LogP contribution in [-0.2, 0) is 15.7 Å². The molecule has 2 heterocycles. The SMILES string of the molecule is CCOC(=O)[C@H](O)c1ccc(-c2noc(-c3onc(-c4ccccc4)c3C(F)(F)F)n2)cc1. The van der Waals surface area contributed by atoms with Crippen LogP contribution in [-0.4, -0.2) is 33.0 Å². The molecule has 0 saturated carbocycles. The van der Waals surface area contributed by atoms with E-state index in [-0.39, 0.29) is 23.6 Å². The first-order valence-electron chi connectivity index (χ1n) is 9.71. The van der Waals surface area contributed by atoms with Crippen LogP contribution in [0.4, 0.5) is 13.2 Å². The highest BCUT2D eigenvalue weighted by Gasteiger charge is 2.42. The predicted octanol–water partition coefficient (Wildman–Crippen LogP) is 4.67. The minimum Gasteiger partial charge on any atom is -0.464 e. The number of hydrogen-bond donors (Lipinski definition) is 1. The third-order valence-electron chi connectivity index (χ3n) is 4.64. The van der Waals surface area contributed by atoms with E-state index < -0.39 is 41.2 Å². The summed E-state index contributed by atoms with van der Waals surface area (Å²) in [5, 5.41) is 17.3. The van der Waals surface area contributed by atoms with Gasteiger partial charge in [0.1, 0.15) is 11.3 Å². The molecule has 0 aliphatic heterocycles. The fourth-order valence-electron chi connectivity index (χ4n) is 3.10. The Balaban J connectivity index is 1.66. The number of nitrogens with zero attached hydrogens (tertiary/aromatic N) is 3. The van der Waals surface area contributed by atoms with Crippen molar-refractivity contribution in [3.05, 3.63) is 65.7 Å². The molecular weight excluding hydrogens is 443 g/mol. The number of carbonyl (C=O) groups excluding carboxylic acids is 1. The molecule has 0 spiro atoms. The third kappa shape index (κ3) is 4.48. The summed E-state index contributed by atoms with van der Waals surface area (Å²) >= 11 is 0. The summed E-state index contributed by atoms with van der Waals surface area (Å²) in [7, 11) is 0. The number of hydrogen-bond acceptors (Lipinski definition) is 8. The van der Waals surface area contributed by atoms with Crippen molar-refractivity contribution in [3.63, 3.8) is 0 Å². The molecule has 0 amide bonds. The van der Waals surface area contributed by atoms with Gasteiger partial charge in [0.25, 0.3) is 5.89 Å². The first-order valence-corrected chi connectivity index (χ1v) is 9.71. The van der Waals surface area contributed by atoms with Gasteiger partial charge in [-0.2, -0.15) is 18.2 Å². The van der Waals surface area contributed by atoms with Crippen LogP contribution in [0.25, 0.3) is 34.3 Å². The predicted molar refractivity (Wildman–Crippen MR) is 107 cm³/mol. The van der Waals surface area contributed by atoms with E-state index in [9.17, 15) is 23.1 Å². The second kappa shape index (κ2) is 8.87. The van der Waals surface area contributed by atoms with Gasteiger partial charge in [0.15, 0.2) is 6.10 Å². The maximum absolute atomic E-state index is 13.8. The number of carbonyl (C=O) groups is 1. The Bertz CT molecular complexity index is 1250. The fraction of sp³-hybridized carbons (Fsp3) is 0.182. The van der Waals surface area contributed by atoms with Crippen molar-refractivity contribution in [2.24, 2.45) is 0 Å². The van der Waals surface area contributed by atoms with Gasteiger partial charge in [-0.25, -0.2) is 4.79 Å². The van der Waals surface area contributed by atoms with E-state index >= 15 is 0 Å². The summed E-state index contributed by atoms with van der Waals surface area (Å²) in [6.07, 6.45) is -6.26. The lowest BCUT2D eigenvalue weighted by Gasteiger charge is -2.09. The van der Waals surface area contributed by atoms with Crippen LogP contribution in [0.15, 0.2) is 63.6 Å². The highest BCUT2D eigenvalue weighted by atomic mass is 19.4. The molecule has 1 N–H and O–H groups in total. The Hall–Kier alpha value is -3.99. The van der Waals surface area contributed by atoms with Crippen molar-refractivity contribution in [2.75, 3.05) is 6.61 Å². The van der Waals surface area contributed by atoms with Gasteiger partial charge in [-0.15, -0.1) is 0 Å². The van der Waals surface area contributed by atoms with E-state index in [0.717, 1.165) is 0 Å². The Labute approximate surface area is 184 Å². The van der Waals surface area contributed by atoms with E-state index in [4.69, 9.17) is 13.8 Å². The van der Waals surface area contributed by atoms with Gasteiger partial charge < -0.3 is 18.9 Å². The van der Waals surface area contributed by atoms with Gasteiger partial charge in [-0.1, -0.05) is 64.9 Å². The molecule has 0 fully saturated rings. The fourth-order valence-corrected chi connectivity index (χ4v) is 3.10. The number of aliphatic hydroxyl groups excluding tert-OH is 1. The minimum atomic E-state index is -4.79. The molecule has 2 aromatic carbocycles. The summed E-state index contributed by atoms with van der Waals surface area (Å²) in [6.45, 7) is 1.73. The van der Waals surface area contributed by atoms with E-state index in [0.29, 0.717) is 5.56 Å². The number of esters is 1. The van der Waals surface area contributed by atoms with E-state index in [2.05, 4.69) is 15.3 Å². The number of ether oxygens (including phenoxy) is 1. The first kappa shape index (κ1) is 22.2. The molecule has 0 radical (unpaired) electrons. The zero-order valence-corrected chi connectivity index (χ0v) is 17.0. The highest BCUT2D eigenvalue weighted by molar-refractivity contribution is 5.76. The van der Waals surface area contributed by atoms with Crippen molar-refractivity contribution >= 4 is 5.97 Å². The summed E-state index contributed by atoms with van der Waals surface area (Å²) in [5.74, 6) is -2.02. The van der Waals surface area contributed by atoms with E-state index in [1.807, 2.05) is 0 Å². The van der Waals surface area contributed by atoms with Crippen LogP contribution in [0.2, 0.25) is 0 Å². The van der Waals surface area contributed by atoms with Crippen LogP contribution < -0.4 is 0 Å². The number of aromatic nitrogens is 3. The Morgan fingerprint density at radius 3 is 2.36 bits per heavy atom. The van der Waals surface area contributed by atoms with E-state index in [1.165, 1.54) is 36.4 Å². The van der Waals surface area contributed by atoms with Gasteiger partial charge in [0.05, 0.1) is 6.61 Å². The van der Waals surface area contributed by atoms with Gasteiger partial charge in [-0.05, 0) is 12.5 Å². The quantitative estimate of drug-likeness (QED) is 0.414. The Kier molecular flexibility index (Phi) is 5.97. The summed E-state index contributed by atoms with van der Waals surface area (Å²) in [5.41, 5.74) is -0.661. The molecule has 170 valence electrons. The normalized spacial score (nSPS) is 12.5. The second-order valence-electron chi connectivity index (χ2n) is 6.80. The van der Waals surface area contributed by atoms with Gasteiger partial charge in [0.2, 0.25) is 11.6 Å². The highest BCUT2D eigenvalue weighted by Crippen LogP contribution is 2.43. The molecule has 0 saturated heterocycles. The standard InChI is InChI=1S/C22H16F3N3O5/c1-2-31-21(30)17(29)13-8-10-14(11-9-13)19-26-20(33-28-19)18-15(22(23,24)25)16(27-32-18)12-6-4-3-5-7-12/h3-11,17,29H,2H2,1H3/t17-/m1/s1. The number of aliphatic hydroxyl groups is 1. The topological polar surface area (TPSA) is 111 Å². The van der Waals surface area contributed by atoms with Crippen LogP contribution in [0.5, 0.6) is 0 Å². The van der Waals surface area contributed by atoms with Crippen LogP contribution in [0.3, 0.4) is 0 Å². The largest absolute Gasteiger partial charge is 0.464 e. The Morgan fingerprint density at radius 2 is 1.73 bits per heavy atom. The lowest BCUT2D eigenvalue weighted by Crippen LogP contribution is -2.15. The molecule has 8 nitrogen and oxygen atoms in total. The molecule has 0 aliphatic carbocycles.